The van der Waals surface area contributed by atoms with Crippen molar-refractivity contribution in [2.45, 2.75) is 96.5 Å². The molecule has 4 aliphatic rings. The summed E-state index contributed by atoms with van der Waals surface area (Å²) in [4.78, 5) is 45.8. The number of likely N-dealkylation sites (tertiary alicyclic amines) is 2. The third-order valence-corrected chi connectivity index (χ3v) is 12.1. The van der Waals surface area contributed by atoms with Crippen molar-refractivity contribution >= 4 is 23.0 Å². The van der Waals surface area contributed by atoms with Crippen LogP contribution in [0.4, 0.5) is 9.59 Å². The largest absolute Gasteiger partial charge is 0.465 e. The zero-order valence-electron chi connectivity index (χ0n) is 30.6. The highest BCUT2D eigenvalue weighted by Crippen LogP contribution is 2.68. The highest BCUT2D eigenvalue weighted by molar-refractivity contribution is 6.04. The minimum atomic E-state index is -0.872. The fourth-order valence-electron chi connectivity index (χ4n) is 9.56. The van der Waals surface area contributed by atoms with Gasteiger partial charge in [-0.15, -0.1) is 0 Å². The average molecular weight is 699 g/mol. The Morgan fingerprint density at radius 2 is 1.40 bits per heavy atom. The summed E-state index contributed by atoms with van der Waals surface area (Å²) in [5, 5.41) is 12.5. The van der Waals surface area contributed by atoms with E-state index in [1.54, 1.807) is 4.90 Å². The van der Waals surface area contributed by atoms with Gasteiger partial charge < -0.3 is 19.8 Å². The predicted molar refractivity (Wildman–Crippen MR) is 199 cm³/mol. The molecular weight excluding hydrogens is 653 g/mol. The maximum absolute atomic E-state index is 13.2. The summed E-state index contributed by atoms with van der Waals surface area (Å²) in [7, 11) is 0. The summed E-state index contributed by atoms with van der Waals surface area (Å²) in [6.07, 6.45) is 6.21. The standard InChI is InChI=1S/C42H46N6O4/c1-40(2,3)42-20-26(42)19-35(48(42)38(49)50)37-43-21-31(45-37)24-15-13-23(14-16-24)27-9-7-11-29-28(27)10-8-12-30(29)32-22-44-36(46-32)34-18-25-17-33(25)47(34)39(51)52-41(4,5)6/h7-16,21-22,25-26,33-35H,17-20H2,1-6H3,(H,43,45)(H,44,46)(H,49,50)/t25-,26-,33-,34+,35+,42-/m1/s1. The van der Waals surface area contributed by atoms with E-state index in [9.17, 15) is 14.7 Å². The second-order valence-electron chi connectivity index (χ2n) is 17.3. The molecule has 0 unspecified atom stereocenters. The lowest BCUT2D eigenvalue weighted by atomic mass is 9.82. The predicted octanol–water partition coefficient (Wildman–Crippen LogP) is 9.59. The Morgan fingerprint density at radius 1 is 0.788 bits per heavy atom. The lowest BCUT2D eigenvalue weighted by Gasteiger charge is -2.39. The van der Waals surface area contributed by atoms with Crippen LogP contribution in [0, 0.1) is 17.3 Å². The first kappa shape index (κ1) is 32.8. The molecule has 3 aromatic carbocycles. The van der Waals surface area contributed by atoms with E-state index in [0.717, 1.165) is 75.9 Å². The molecule has 2 aliphatic carbocycles. The van der Waals surface area contributed by atoms with Gasteiger partial charge in [0.15, 0.2) is 0 Å². The van der Waals surface area contributed by atoms with Crippen molar-refractivity contribution in [2.75, 3.05) is 0 Å². The Kier molecular flexibility index (Phi) is 7.05. The molecule has 2 saturated carbocycles. The third kappa shape index (κ3) is 5.12. The van der Waals surface area contributed by atoms with Crippen molar-refractivity contribution in [2.24, 2.45) is 17.3 Å². The summed E-state index contributed by atoms with van der Waals surface area (Å²) < 4.78 is 5.78. The minimum Gasteiger partial charge on any atom is -0.465 e. The Bertz CT molecular complexity index is 2220. The molecule has 2 saturated heterocycles. The number of rotatable bonds is 5. The van der Waals surface area contributed by atoms with Crippen LogP contribution >= 0.6 is 0 Å². The molecule has 9 rings (SSSR count). The van der Waals surface area contributed by atoms with Gasteiger partial charge in [0.2, 0.25) is 0 Å². The number of amides is 2. The molecule has 6 atom stereocenters. The number of hydrogen-bond donors (Lipinski definition) is 3. The Labute approximate surface area is 303 Å². The van der Waals surface area contributed by atoms with Crippen molar-refractivity contribution in [1.29, 1.82) is 0 Å². The second kappa shape index (κ2) is 11.2. The first-order valence-corrected chi connectivity index (χ1v) is 18.5. The molecule has 0 bridgehead atoms. The molecule has 268 valence electrons. The van der Waals surface area contributed by atoms with E-state index in [1.807, 2.05) is 38.1 Å². The van der Waals surface area contributed by atoms with Gasteiger partial charge in [-0.2, -0.15) is 0 Å². The molecular formula is C42H46N6O4. The number of nitrogens with one attached hydrogen (secondary N) is 2. The van der Waals surface area contributed by atoms with Crippen LogP contribution in [0.1, 0.15) is 91.0 Å². The van der Waals surface area contributed by atoms with E-state index in [0.29, 0.717) is 17.7 Å². The topological polar surface area (TPSA) is 127 Å². The summed E-state index contributed by atoms with van der Waals surface area (Å²) >= 11 is 0. The number of benzene rings is 3. The number of carbonyl (C=O) groups excluding carboxylic acids is 1. The average Bonchev–Trinajstić information content (AvgIpc) is 3.66. The van der Waals surface area contributed by atoms with E-state index < -0.39 is 11.7 Å². The van der Waals surface area contributed by atoms with E-state index in [2.05, 4.69) is 91.4 Å². The first-order chi connectivity index (χ1) is 24.7. The third-order valence-electron chi connectivity index (χ3n) is 12.1. The number of fused-ring (bicyclic) bond motifs is 3. The van der Waals surface area contributed by atoms with Gasteiger partial charge in [-0.25, -0.2) is 19.6 Å². The summed E-state index contributed by atoms with van der Waals surface area (Å²) in [6, 6.07) is 21.0. The number of carboxylic acid groups (broad SMARTS) is 1. The number of nitrogens with zero attached hydrogens (tertiary/aromatic N) is 4. The van der Waals surface area contributed by atoms with Crippen molar-refractivity contribution in [3.8, 4) is 33.6 Å². The SMILES string of the molecule is CC(C)(C)OC(=O)N1[C@@H]2C[C@@H]2C[C@H]1c1ncc(-c2cccc3c(-c4ccc(-c5cnc([C@@H]6C[C@@H]7C[C@@]7(C(C)(C)C)N6C(=O)O)[nH]5)cc4)cccc23)[nH]1. The minimum absolute atomic E-state index is 0.123. The number of piperidine rings is 2. The maximum Gasteiger partial charge on any atom is 0.411 e. The number of aromatic nitrogens is 4. The van der Waals surface area contributed by atoms with Crippen LogP contribution in [-0.4, -0.2) is 64.2 Å². The normalized spacial score (nSPS) is 26.4. The van der Waals surface area contributed by atoms with E-state index in [-0.39, 0.29) is 35.2 Å². The molecule has 2 aliphatic heterocycles. The van der Waals surface area contributed by atoms with E-state index in [4.69, 9.17) is 14.7 Å². The molecule has 0 radical (unpaired) electrons. The van der Waals surface area contributed by atoms with Crippen molar-refractivity contribution < 1.29 is 19.4 Å². The van der Waals surface area contributed by atoms with Crippen molar-refractivity contribution in [3.63, 3.8) is 0 Å². The molecule has 3 N–H and O–H groups in total. The smallest absolute Gasteiger partial charge is 0.411 e. The number of imidazole rings is 2. The molecule has 2 aromatic heterocycles. The molecule has 4 heterocycles. The maximum atomic E-state index is 13.2. The highest BCUT2D eigenvalue weighted by Gasteiger charge is 2.72. The molecule has 4 fully saturated rings. The van der Waals surface area contributed by atoms with Crippen LogP contribution in [-0.2, 0) is 4.74 Å². The second-order valence-corrected chi connectivity index (χ2v) is 17.3. The van der Waals surface area contributed by atoms with Gasteiger partial charge in [0.1, 0.15) is 17.2 Å². The van der Waals surface area contributed by atoms with Gasteiger partial charge in [-0.05, 0) is 91.2 Å². The molecule has 2 amide bonds. The quantitative estimate of drug-likeness (QED) is 0.168. The Balaban J connectivity index is 0.967. The van der Waals surface area contributed by atoms with Crippen LogP contribution in [0.3, 0.4) is 0 Å². The summed E-state index contributed by atoms with van der Waals surface area (Å²) in [5.41, 5.74) is 5.04. The lowest BCUT2D eigenvalue weighted by Crippen LogP contribution is -2.48. The van der Waals surface area contributed by atoms with Crippen LogP contribution in [0.2, 0.25) is 0 Å². The highest BCUT2D eigenvalue weighted by atomic mass is 16.6. The van der Waals surface area contributed by atoms with Crippen LogP contribution < -0.4 is 0 Å². The summed E-state index contributed by atoms with van der Waals surface area (Å²) in [6.45, 7) is 12.1. The fourth-order valence-corrected chi connectivity index (χ4v) is 9.56. The zero-order valence-corrected chi connectivity index (χ0v) is 30.6. The number of carbonyl (C=O) groups is 2. The molecule has 52 heavy (non-hydrogen) atoms. The Morgan fingerprint density at radius 3 is 2.08 bits per heavy atom. The molecule has 5 aromatic rings. The first-order valence-electron chi connectivity index (χ1n) is 18.5. The van der Waals surface area contributed by atoms with E-state index >= 15 is 0 Å². The van der Waals surface area contributed by atoms with Gasteiger partial charge in [0, 0.05) is 11.6 Å². The fraction of sp³-hybridized carbons (Fsp3) is 0.429. The summed E-state index contributed by atoms with van der Waals surface area (Å²) in [5.74, 6) is 2.38. The molecule has 0 spiro atoms. The van der Waals surface area contributed by atoms with Gasteiger partial charge in [0.05, 0.1) is 41.4 Å². The van der Waals surface area contributed by atoms with E-state index in [1.165, 1.54) is 0 Å². The van der Waals surface area contributed by atoms with Crippen molar-refractivity contribution in [1.82, 2.24) is 29.7 Å². The lowest BCUT2D eigenvalue weighted by molar-refractivity contribution is 0.0175. The van der Waals surface area contributed by atoms with Gasteiger partial charge >= 0.3 is 12.2 Å². The van der Waals surface area contributed by atoms with Crippen LogP contribution in [0.5, 0.6) is 0 Å². The zero-order chi connectivity index (χ0) is 36.3. The van der Waals surface area contributed by atoms with Crippen LogP contribution in [0.15, 0.2) is 73.1 Å². The van der Waals surface area contributed by atoms with Gasteiger partial charge in [0.25, 0.3) is 0 Å². The number of ether oxygens (including phenoxy) is 1. The van der Waals surface area contributed by atoms with Crippen LogP contribution in [0.25, 0.3) is 44.4 Å². The van der Waals surface area contributed by atoms with Gasteiger partial charge in [-0.1, -0.05) is 81.4 Å². The number of aromatic amines is 2. The molecule has 10 nitrogen and oxygen atoms in total. The number of H-pyrrole nitrogens is 2. The molecule has 10 heteroatoms. The van der Waals surface area contributed by atoms with Gasteiger partial charge in [-0.3, -0.25) is 9.80 Å². The number of hydrogen-bond acceptors (Lipinski definition) is 5. The van der Waals surface area contributed by atoms with Crippen molar-refractivity contribution in [3.05, 3.63) is 84.7 Å². The Hall–Kier alpha value is -5.12. The monoisotopic (exact) mass is 698 g/mol.